The quantitative estimate of drug-likeness (QED) is 0.183. The molecule has 6 aromatic carbocycles. The number of allylic oxidation sites excluding steroid dienone is 1. The minimum absolute atomic E-state index is 0.119. The van der Waals surface area contributed by atoms with E-state index in [1.807, 2.05) is 23.5 Å². The molecule has 0 spiro atoms. The maximum atomic E-state index is 2.56. The van der Waals surface area contributed by atoms with Crippen molar-refractivity contribution in [3.63, 3.8) is 0 Å². The van der Waals surface area contributed by atoms with Crippen molar-refractivity contribution in [2.24, 2.45) is 0 Å². The summed E-state index contributed by atoms with van der Waals surface area (Å²) in [6.07, 6.45) is 5.63. The minimum Gasteiger partial charge on any atom is -0.309 e. The predicted molar refractivity (Wildman–Crippen MR) is 214 cm³/mol. The molecule has 4 heteroatoms. The summed E-state index contributed by atoms with van der Waals surface area (Å²) in [5.41, 5.74) is 14.2. The first-order valence-electron chi connectivity index (χ1n) is 17.5. The van der Waals surface area contributed by atoms with Gasteiger partial charge in [-0.25, -0.2) is 0 Å². The fourth-order valence-electron chi connectivity index (χ4n) is 8.44. The Balaban J connectivity index is 1.27. The van der Waals surface area contributed by atoms with E-state index in [0.717, 1.165) is 6.42 Å². The van der Waals surface area contributed by atoms with Crippen LogP contribution in [0.15, 0.2) is 147 Å². The van der Waals surface area contributed by atoms with E-state index in [0.29, 0.717) is 0 Å². The standard InChI is InChI=1S/C46H36N2S2/c1-5-6-17-37-28(2)31-22-23-35-44(34-26-42-43(27-36(34)46(35,3)4)50-41-20-13-12-19-40(41)49-42)45(31)48(37)30-21-24-39-33(25-30)32-16-10-11-18-38(32)47(39)29-14-8-7-9-15-29/h6-27H,5H2,1-4H3/b17-6-. The Labute approximate surface area is 301 Å². The molecule has 0 bridgehead atoms. The van der Waals surface area contributed by atoms with Crippen molar-refractivity contribution in [2.75, 3.05) is 0 Å². The molecule has 3 heterocycles. The van der Waals surface area contributed by atoms with Crippen molar-refractivity contribution in [1.29, 1.82) is 0 Å². The van der Waals surface area contributed by atoms with Gasteiger partial charge in [0.15, 0.2) is 0 Å². The van der Waals surface area contributed by atoms with E-state index in [-0.39, 0.29) is 5.41 Å². The number of nitrogens with zero attached hydrogens (tertiary/aromatic N) is 2. The van der Waals surface area contributed by atoms with Crippen LogP contribution in [-0.4, -0.2) is 9.13 Å². The topological polar surface area (TPSA) is 9.86 Å². The number of hydrogen-bond donors (Lipinski definition) is 0. The zero-order valence-corrected chi connectivity index (χ0v) is 30.3. The summed E-state index contributed by atoms with van der Waals surface area (Å²) in [6, 6.07) is 45.2. The molecule has 2 nitrogen and oxygen atoms in total. The van der Waals surface area contributed by atoms with Gasteiger partial charge < -0.3 is 9.13 Å². The maximum absolute atomic E-state index is 2.56. The monoisotopic (exact) mass is 680 g/mol. The van der Waals surface area contributed by atoms with E-state index < -0.39 is 0 Å². The van der Waals surface area contributed by atoms with Crippen molar-refractivity contribution >= 4 is 62.3 Å². The fraction of sp³-hybridized carbons (Fsp3) is 0.130. The zero-order valence-electron chi connectivity index (χ0n) is 28.6. The largest absolute Gasteiger partial charge is 0.309 e. The molecule has 2 aliphatic rings. The zero-order chi connectivity index (χ0) is 33.7. The van der Waals surface area contributed by atoms with Gasteiger partial charge in [0.25, 0.3) is 0 Å². The van der Waals surface area contributed by atoms with Gasteiger partial charge in [-0.2, -0.15) is 0 Å². The van der Waals surface area contributed by atoms with Gasteiger partial charge in [0, 0.05) is 63.8 Å². The van der Waals surface area contributed by atoms with Crippen LogP contribution in [0.1, 0.15) is 49.6 Å². The first-order valence-corrected chi connectivity index (χ1v) is 19.1. The van der Waals surface area contributed by atoms with E-state index in [1.54, 1.807) is 0 Å². The number of hydrogen-bond acceptors (Lipinski definition) is 2. The van der Waals surface area contributed by atoms with Crippen molar-refractivity contribution in [2.45, 2.75) is 59.1 Å². The molecule has 0 amide bonds. The summed E-state index contributed by atoms with van der Waals surface area (Å²) in [5, 5.41) is 3.85. The van der Waals surface area contributed by atoms with Crippen LogP contribution in [-0.2, 0) is 5.41 Å². The highest BCUT2D eigenvalue weighted by molar-refractivity contribution is 8.05. The molecule has 2 aromatic heterocycles. The van der Waals surface area contributed by atoms with Crippen LogP contribution < -0.4 is 0 Å². The Kier molecular flexibility index (Phi) is 6.62. The van der Waals surface area contributed by atoms with Gasteiger partial charge in [0.2, 0.25) is 0 Å². The molecule has 0 fully saturated rings. The van der Waals surface area contributed by atoms with Gasteiger partial charge in [-0.3, -0.25) is 0 Å². The number of para-hydroxylation sites is 2. The average molecular weight is 681 g/mol. The number of fused-ring (bicyclic) bond motifs is 10. The lowest BCUT2D eigenvalue weighted by Gasteiger charge is -2.24. The van der Waals surface area contributed by atoms with Crippen LogP contribution in [0.3, 0.4) is 0 Å². The third kappa shape index (κ3) is 4.19. The van der Waals surface area contributed by atoms with Crippen LogP contribution in [0.5, 0.6) is 0 Å². The molecule has 0 N–H and O–H groups in total. The summed E-state index contributed by atoms with van der Waals surface area (Å²) in [5.74, 6) is 0. The van der Waals surface area contributed by atoms with Crippen molar-refractivity contribution in [3.05, 3.63) is 150 Å². The molecular formula is C46H36N2S2. The van der Waals surface area contributed by atoms with Crippen LogP contribution in [0, 0.1) is 6.92 Å². The lowest BCUT2D eigenvalue weighted by atomic mass is 9.82. The second-order valence-corrected chi connectivity index (χ2v) is 16.2. The highest BCUT2D eigenvalue weighted by atomic mass is 32.2. The smallest absolute Gasteiger partial charge is 0.0619 e. The Bertz CT molecular complexity index is 2720. The fourth-order valence-corrected chi connectivity index (χ4v) is 10.7. The first kappa shape index (κ1) is 30.0. The molecule has 1 aliphatic carbocycles. The minimum atomic E-state index is -0.119. The van der Waals surface area contributed by atoms with Crippen LogP contribution >= 0.6 is 23.5 Å². The summed E-state index contributed by atoms with van der Waals surface area (Å²) in [6.45, 7) is 9.34. The lowest BCUT2D eigenvalue weighted by molar-refractivity contribution is 0.658. The third-order valence-electron chi connectivity index (χ3n) is 10.9. The van der Waals surface area contributed by atoms with Crippen molar-refractivity contribution in [1.82, 2.24) is 9.13 Å². The first-order chi connectivity index (χ1) is 24.4. The molecule has 1 aliphatic heterocycles. The molecule has 0 atom stereocenters. The van der Waals surface area contributed by atoms with Gasteiger partial charge >= 0.3 is 0 Å². The van der Waals surface area contributed by atoms with Gasteiger partial charge in [-0.1, -0.05) is 111 Å². The summed E-state index contributed by atoms with van der Waals surface area (Å²) in [7, 11) is 0. The highest BCUT2D eigenvalue weighted by Gasteiger charge is 2.39. The summed E-state index contributed by atoms with van der Waals surface area (Å²) >= 11 is 3.82. The molecule has 0 unspecified atom stereocenters. The summed E-state index contributed by atoms with van der Waals surface area (Å²) in [4.78, 5) is 5.41. The molecule has 0 saturated heterocycles. The predicted octanol–water partition coefficient (Wildman–Crippen LogP) is 13.4. The molecule has 10 rings (SSSR count). The highest BCUT2D eigenvalue weighted by Crippen LogP contribution is 2.57. The Morgan fingerprint density at radius 1 is 0.600 bits per heavy atom. The van der Waals surface area contributed by atoms with Crippen molar-refractivity contribution < 1.29 is 0 Å². The van der Waals surface area contributed by atoms with Gasteiger partial charge in [0.1, 0.15) is 0 Å². The average Bonchev–Trinajstić information content (AvgIpc) is 3.71. The second-order valence-electron chi connectivity index (χ2n) is 14.1. The Hall–Kier alpha value is -4.90. The normalized spacial score (nSPS) is 14.4. The molecule has 50 heavy (non-hydrogen) atoms. The van der Waals surface area contributed by atoms with Gasteiger partial charge in [-0.05, 0) is 102 Å². The van der Waals surface area contributed by atoms with Gasteiger partial charge in [-0.15, -0.1) is 0 Å². The third-order valence-corrected chi connectivity index (χ3v) is 13.4. The van der Waals surface area contributed by atoms with E-state index in [1.165, 1.54) is 97.2 Å². The van der Waals surface area contributed by atoms with Gasteiger partial charge in [0.05, 0.1) is 16.6 Å². The Morgan fingerprint density at radius 2 is 1.30 bits per heavy atom. The van der Waals surface area contributed by atoms with Crippen LogP contribution in [0.25, 0.3) is 61.3 Å². The SMILES string of the molecule is CC/C=C\c1c(C)c2ccc3c(c2n1-c1ccc2c(c1)c1ccccc1n2-c1ccccc1)-c1cc2c(cc1C3(C)C)Sc1ccccc1S2. The lowest BCUT2D eigenvalue weighted by Crippen LogP contribution is -2.15. The Morgan fingerprint density at radius 3 is 2.08 bits per heavy atom. The van der Waals surface area contributed by atoms with E-state index in [9.17, 15) is 0 Å². The number of aryl methyl sites for hydroxylation is 1. The van der Waals surface area contributed by atoms with E-state index >= 15 is 0 Å². The molecular weight excluding hydrogens is 645 g/mol. The molecule has 242 valence electrons. The van der Waals surface area contributed by atoms with Crippen LogP contribution in [0.4, 0.5) is 0 Å². The maximum Gasteiger partial charge on any atom is 0.0619 e. The molecule has 0 radical (unpaired) electrons. The van der Waals surface area contributed by atoms with Crippen LogP contribution in [0.2, 0.25) is 0 Å². The summed E-state index contributed by atoms with van der Waals surface area (Å²) < 4.78 is 4.96. The number of rotatable bonds is 4. The molecule has 0 saturated carbocycles. The van der Waals surface area contributed by atoms with E-state index in [4.69, 9.17) is 0 Å². The second kappa shape index (κ2) is 11.1. The van der Waals surface area contributed by atoms with Crippen molar-refractivity contribution in [3.8, 4) is 22.5 Å². The van der Waals surface area contributed by atoms with E-state index in [2.05, 4.69) is 170 Å². The number of aromatic nitrogens is 2. The molecule has 8 aromatic rings. The number of benzene rings is 6.